The van der Waals surface area contributed by atoms with E-state index in [4.69, 9.17) is 11.6 Å². The quantitative estimate of drug-likeness (QED) is 0.726. The van der Waals surface area contributed by atoms with E-state index < -0.39 is 10.0 Å². The third-order valence-electron chi connectivity index (χ3n) is 5.67. The molecule has 2 aromatic carbocycles. The van der Waals surface area contributed by atoms with Crippen molar-refractivity contribution >= 4 is 39.3 Å². The molecule has 0 radical (unpaired) electrons. The van der Waals surface area contributed by atoms with Gasteiger partial charge in [-0.2, -0.15) is 0 Å². The maximum absolute atomic E-state index is 12.5. The van der Waals surface area contributed by atoms with Crippen molar-refractivity contribution in [3.8, 4) is 0 Å². The second-order valence-corrected chi connectivity index (χ2v) is 10.0. The number of hydrogen-bond acceptors (Lipinski definition) is 3. The fourth-order valence-electron chi connectivity index (χ4n) is 3.92. The molecule has 2 aromatic rings. The average molecular weight is 431 g/mol. The normalized spacial score (nSPS) is 19.8. The van der Waals surface area contributed by atoms with Crippen LogP contribution in [0, 0.1) is 0 Å². The molecule has 1 heterocycles. The predicted molar refractivity (Wildman–Crippen MR) is 116 cm³/mol. The molecule has 0 aromatic heterocycles. The Bertz CT molecular complexity index is 1030. The Labute approximate surface area is 176 Å². The van der Waals surface area contributed by atoms with Gasteiger partial charge in [0, 0.05) is 17.6 Å². The highest BCUT2D eigenvalue weighted by Gasteiger charge is 2.39. The minimum Gasteiger partial charge on any atom is -0.343 e. The zero-order chi connectivity index (χ0) is 20.5. The summed E-state index contributed by atoms with van der Waals surface area (Å²) in [5.41, 5.74) is 2.26. The minimum absolute atomic E-state index is 0.147. The van der Waals surface area contributed by atoms with Crippen LogP contribution in [0.15, 0.2) is 54.6 Å². The molecule has 1 aliphatic carbocycles. The van der Waals surface area contributed by atoms with Gasteiger partial charge in [0.2, 0.25) is 15.9 Å². The lowest BCUT2D eigenvalue weighted by molar-refractivity contribution is -0.119. The first kappa shape index (κ1) is 20.0. The molecule has 1 aliphatic heterocycles. The van der Waals surface area contributed by atoms with Gasteiger partial charge in [-0.15, -0.1) is 0 Å². The number of anilines is 1. The van der Waals surface area contributed by atoms with E-state index in [1.807, 2.05) is 36.4 Å². The molecule has 0 unspecified atom stereocenters. The molecule has 152 valence electrons. The zero-order valence-corrected chi connectivity index (χ0v) is 17.5. The fourth-order valence-corrected chi connectivity index (χ4v) is 5.61. The van der Waals surface area contributed by atoms with E-state index in [-0.39, 0.29) is 17.2 Å². The van der Waals surface area contributed by atoms with Crippen molar-refractivity contribution in [2.75, 3.05) is 16.6 Å². The highest BCUT2D eigenvalue weighted by molar-refractivity contribution is 7.93. The number of benzene rings is 2. The summed E-state index contributed by atoms with van der Waals surface area (Å²) < 4.78 is 25.5. The van der Waals surface area contributed by atoms with E-state index in [0.717, 1.165) is 30.4 Å². The van der Waals surface area contributed by atoms with Gasteiger partial charge in [-0.25, -0.2) is 8.42 Å². The van der Waals surface area contributed by atoms with Crippen LogP contribution >= 0.6 is 11.6 Å². The molecule has 2 aliphatic rings. The summed E-state index contributed by atoms with van der Waals surface area (Å²) in [6, 6.07) is 14.8. The van der Waals surface area contributed by atoms with Gasteiger partial charge >= 0.3 is 0 Å². The molecule has 5 nitrogen and oxygen atoms in total. The van der Waals surface area contributed by atoms with Crippen molar-refractivity contribution in [1.29, 1.82) is 0 Å². The Morgan fingerprint density at radius 3 is 2.28 bits per heavy atom. The monoisotopic (exact) mass is 430 g/mol. The molecule has 1 N–H and O–H groups in total. The number of sulfonamides is 1. The summed E-state index contributed by atoms with van der Waals surface area (Å²) in [6.07, 6.45) is 6.82. The number of carbonyl (C=O) groups excluding carboxylic acids is 1. The lowest BCUT2D eigenvalue weighted by Crippen LogP contribution is -2.50. The molecule has 0 atom stereocenters. The largest absolute Gasteiger partial charge is 0.343 e. The van der Waals surface area contributed by atoms with Crippen LogP contribution in [0.2, 0.25) is 5.02 Å². The van der Waals surface area contributed by atoms with Gasteiger partial charge in [-0.1, -0.05) is 35.9 Å². The molecule has 1 amide bonds. The van der Waals surface area contributed by atoms with Crippen LogP contribution in [0.4, 0.5) is 5.69 Å². The Kier molecular flexibility index (Phi) is 5.40. The fraction of sp³-hybridized carbons (Fsp3) is 0.318. The van der Waals surface area contributed by atoms with Crippen molar-refractivity contribution in [1.82, 2.24) is 5.32 Å². The molecule has 2 fully saturated rings. The molecular formula is C22H23ClN2O3S. The van der Waals surface area contributed by atoms with Crippen LogP contribution < -0.4 is 9.62 Å². The SMILES string of the molecule is O=C(/C=C/c1ccc(N2CCCS2(=O)=O)cc1)NC1(c2ccc(Cl)cc2)CCC1. The topological polar surface area (TPSA) is 66.5 Å². The highest BCUT2D eigenvalue weighted by Crippen LogP contribution is 2.41. The van der Waals surface area contributed by atoms with E-state index in [1.165, 1.54) is 10.4 Å². The number of rotatable bonds is 5. The molecule has 0 bridgehead atoms. The number of nitrogens with one attached hydrogen (secondary N) is 1. The Balaban J connectivity index is 1.42. The third kappa shape index (κ3) is 4.19. The summed E-state index contributed by atoms with van der Waals surface area (Å²) in [5.74, 6) is 0.0512. The number of amides is 1. The van der Waals surface area contributed by atoms with Crippen molar-refractivity contribution in [3.05, 3.63) is 70.8 Å². The van der Waals surface area contributed by atoms with E-state index in [2.05, 4.69) is 5.32 Å². The maximum atomic E-state index is 12.5. The number of carbonyl (C=O) groups is 1. The second-order valence-electron chi connectivity index (χ2n) is 7.60. The van der Waals surface area contributed by atoms with E-state index in [9.17, 15) is 13.2 Å². The van der Waals surface area contributed by atoms with Crippen molar-refractivity contribution < 1.29 is 13.2 Å². The van der Waals surface area contributed by atoms with Crippen LogP contribution in [-0.2, 0) is 20.4 Å². The first-order chi connectivity index (χ1) is 13.9. The number of nitrogens with zero attached hydrogens (tertiary/aromatic N) is 1. The second kappa shape index (κ2) is 7.84. The number of halogens is 1. The van der Waals surface area contributed by atoms with Gasteiger partial charge in [0.15, 0.2) is 0 Å². The summed E-state index contributed by atoms with van der Waals surface area (Å²) >= 11 is 5.98. The molecule has 29 heavy (non-hydrogen) atoms. The lowest BCUT2D eigenvalue weighted by Gasteiger charge is -2.43. The van der Waals surface area contributed by atoms with Crippen LogP contribution in [-0.4, -0.2) is 26.6 Å². The molecule has 0 spiro atoms. The zero-order valence-electron chi connectivity index (χ0n) is 16.0. The van der Waals surface area contributed by atoms with Gasteiger partial charge in [0.05, 0.1) is 17.0 Å². The van der Waals surface area contributed by atoms with Crippen LogP contribution in [0.1, 0.15) is 36.8 Å². The molecular weight excluding hydrogens is 408 g/mol. The highest BCUT2D eigenvalue weighted by atomic mass is 35.5. The molecule has 1 saturated carbocycles. The van der Waals surface area contributed by atoms with Crippen molar-refractivity contribution in [3.63, 3.8) is 0 Å². The van der Waals surface area contributed by atoms with Crippen LogP contribution in [0.5, 0.6) is 0 Å². The van der Waals surface area contributed by atoms with Crippen molar-refractivity contribution in [2.45, 2.75) is 31.2 Å². The Hall–Kier alpha value is -2.31. The van der Waals surface area contributed by atoms with Gasteiger partial charge in [0.1, 0.15) is 0 Å². The lowest BCUT2D eigenvalue weighted by atomic mass is 9.72. The van der Waals surface area contributed by atoms with Gasteiger partial charge < -0.3 is 5.32 Å². The van der Waals surface area contributed by atoms with Gasteiger partial charge in [0.25, 0.3) is 0 Å². The molecule has 4 rings (SSSR count). The first-order valence-electron chi connectivity index (χ1n) is 9.75. The van der Waals surface area contributed by atoms with Crippen LogP contribution in [0.3, 0.4) is 0 Å². The summed E-state index contributed by atoms with van der Waals surface area (Å²) in [7, 11) is -3.18. The average Bonchev–Trinajstić information content (AvgIpc) is 3.03. The van der Waals surface area contributed by atoms with Crippen molar-refractivity contribution in [2.24, 2.45) is 0 Å². The molecule has 7 heteroatoms. The Morgan fingerprint density at radius 1 is 1.03 bits per heavy atom. The molecule has 1 saturated heterocycles. The van der Waals surface area contributed by atoms with Crippen LogP contribution in [0.25, 0.3) is 6.08 Å². The predicted octanol–water partition coefficient (Wildman–Crippen LogP) is 4.09. The summed E-state index contributed by atoms with van der Waals surface area (Å²) in [4.78, 5) is 12.5. The van der Waals surface area contributed by atoms with E-state index in [0.29, 0.717) is 23.7 Å². The minimum atomic E-state index is -3.18. The first-order valence-corrected chi connectivity index (χ1v) is 11.7. The maximum Gasteiger partial charge on any atom is 0.244 e. The van der Waals surface area contributed by atoms with E-state index >= 15 is 0 Å². The standard InChI is InChI=1S/C22H23ClN2O3S/c23-19-8-6-18(7-9-19)22(13-1-14-22)24-21(26)12-5-17-3-10-20(11-4-17)25-15-2-16-29(25,27)28/h3-12H,1-2,13-16H2,(H,24,26)/b12-5+. The van der Waals surface area contributed by atoms with Gasteiger partial charge in [-0.3, -0.25) is 9.10 Å². The van der Waals surface area contributed by atoms with Gasteiger partial charge in [-0.05, 0) is 67.2 Å². The third-order valence-corrected chi connectivity index (χ3v) is 7.80. The van der Waals surface area contributed by atoms with E-state index in [1.54, 1.807) is 18.2 Å². The Morgan fingerprint density at radius 2 is 1.72 bits per heavy atom. The summed E-state index contributed by atoms with van der Waals surface area (Å²) in [6.45, 7) is 0.521. The smallest absolute Gasteiger partial charge is 0.244 e. The summed E-state index contributed by atoms with van der Waals surface area (Å²) in [5, 5.41) is 3.83. The number of hydrogen-bond donors (Lipinski definition) is 1.